The van der Waals surface area contributed by atoms with Gasteiger partial charge in [0.25, 0.3) is 0 Å². The highest BCUT2D eigenvalue weighted by Gasteiger charge is 2.49. The summed E-state index contributed by atoms with van der Waals surface area (Å²) in [4.78, 5) is 4.24. The highest BCUT2D eigenvalue weighted by atomic mass is 32.2. The Bertz CT molecular complexity index is 537. The molecule has 0 bridgehead atoms. The van der Waals surface area contributed by atoms with Crippen LogP contribution in [0.5, 0.6) is 0 Å². The van der Waals surface area contributed by atoms with Crippen molar-refractivity contribution < 1.29 is 8.42 Å². The Hall–Kier alpha value is -0.940. The zero-order valence-corrected chi connectivity index (χ0v) is 11.4. The van der Waals surface area contributed by atoms with E-state index in [0.29, 0.717) is 11.4 Å². The number of sulfonamides is 1. The summed E-state index contributed by atoms with van der Waals surface area (Å²) < 4.78 is 26.8. The summed E-state index contributed by atoms with van der Waals surface area (Å²) in [5.41, 5.74) is 0.277. The normalized spacial score (nSPS) is 27.3. The zero-order chi connectivity index (χ0) is 12.8. The topological polar surface area (TPSA) is 50.3 Å². The van der Waals surface area contributed by atoms with Gasteiger partial charge in [-0.1, -0.05) is 6.42 Å². The first kappa shape index (κ1) is 12.1. The zero-order valence-electron chi connectivity index (χ0n) is 10.5. The van der Waals surface area contributed by atoms with Crippen LogP contribution < -0.4 is 0 Å². The second kappa shape index (κ2) is 4.03. The summed E-state index contributed by atoms with van der Waals surface area (Å²) in [5, 5.41) is 0. The van der Waals surface area contributed by atoms with Crippen LogP contribution in [0, 0.1) is 5.41 Å². The third-order valence-electron chi connectivity index (χ3n) is 4.38. The predicted molar refractivity (Wildman–Crippen MR) is 68.5 cm³/mol. The number of hydrogen-bond donors (Lipinski definition) is 0. The van der Waals surface area contributed by atoms with Crippen molar-refractivity contribution in [3.8, 4) is 0 Å². The molecule has 0 amide bonds. The van der Waals surface area contributed by atoms with E-state index in [4.69, 9.17) is 0 Å². The number of aromatic nitrogens is 1. The summed E-state index contributed by atoms with van der Waals surface area (Å²) >= 11 is 0. The highest BCUT2D eigenvalue weighted by Crippen LogP contribution is 2.51. The molecule has 0 aromatic carbocycles. The van der Waals surface area contributed by atoms with Gasteiger partial charge in [0.1, 0.15) is 0 Å². The minimum absolute atomic E-state index is 0.114. The van der Waals surface area contributed by atoms with E-state index in [-0.39, 0.29) is 11.5 Å². The molecule has 1 aliphatic heterocycles. The fourth-order valence-corrected chi connectivity index (χ4v) is 5.01. The van der Waals surface area contributed by atoms with E-state index in [2.05, 4.69) is 4.98 Å². The van der Waals surface area contributed by atoms with Crippen molar-refractivity contribution in [3.05, 3.63) is 24.5 Å². The third kappa shape index (κ3) is 1.77. The Labute approximate surface area is 108 Å². The second-order valence-electron chi connectivity index (χ2n) is 5.64. The van der Waals surface area contributed by atoms with Gasteiger partial charge in [0, 0.05) is 25.0 Å². The summed E-state index contributed by atoms with van der Waals surface area (Å²) in [6.45, 7) is 2.71. The van der Waals surface area contributed by atoms with Gasteiger partial charge in [-0.2, -0.15) is 4.31 Å². The fraction of sp³-hybridized carbons (Fsp3) is 0.615. The lowest BCUT2D eigenvalue weighted by Crippen LogP contribution is -2.37. The minimum Gasteiger partial charge on any atom is -0.265 e. The molecule has 1 saturated carbocycles. The molecule has 1 aromatic heterocycles. The molecule has 1 saturated heterocycles. The molecular formula is C13H18N2O2S. The molecule has 3 rings (SSSR count). The first-order chi connectivity index (χ1) is 8.54. The van der Waals surface area contributed by atoms with E-state index in [1.54, 1.807) is 16.4 Å². The molecule has 5 heteroatoms. The summed E-state index contributed by atoms with van der Waals surface area (Å²) in [6, 6.07) is 3.27. The lowest BCUT2D eigenvalue weighted by molar-refractivity contribution is 0.152. The van der Waals surface area contributed by atoms with E-state index in [1.165, 1.54) is 31.7 Å². The average Bonchev–Trinajstić information content (AvgIpc) is 2.69. The number of hydrogen-bond acceptors (Lipinski definition) is 3. The van der Waals surface area contributed by atoms with E-state index >= 15 is 0 Å². The van der Waals surface area contributed by atoms with Gasteiger partial charge in [-0.05, 0) is 43.7 Å². The molecule has 4 nitrogen and oxygen atoms in total. The first-order valence-electron chi connectivity index (χ1n) is 6.45. The van der Waals surface area contributed by atoms with Crippen molar-refractivity contribution >= 4 is 10.0 Å². The second-order valence-corrected chi connectivity index (χ2v) is 7.53. The SMILES string of the molecule is CC1CC2(CCC2)CN1S(=O)(=O)c1ccncc1. The van der Waals surface area contributed by atoms with Gasteiger partial charge in [-0.3, -0.25) is 4.98 Å². The van der Waals surface area contributed by atoms with Crippen LogP contribution in [0.3, 0.4) is 0 Å². The van der Waals surface area contributed by atoms with Gasteiger partial charge in [0.05, 0.1) is 4.90 Å². The van der Waals surface area contributed by atoms with Crippen molar-refractivity contribution in [2.24, 2.45) is 5.41 Å². The monoisotopic (exact) mass is 266 g/mol. The van der Waals surface area contributed by atoms with Crippen molar-refractivity contribution in [3.63, 3.8) is 0 Å². The Morgan fingerprint density at radius 1 is 1.33 bits per heavy atom. The van der Waals surface area contributed by atoms with E-state index in [0.717, 1.165) is 6.42 Å². The standard InChI is InChI=1S/C13H18N2O2S/c1-11-9-13(5-2-6-13)10-15(11)18(16,17)12-3-7-14-8-4-12/h3-4,7-8,11H,2,5-6,9-10H2,1H3. The van der Waals surface area contributed by atoms with Crippen molar-refractivity contribution in [1.82, 2.24) is 9.29 Å². The molecule has 0 N–H and O–H groups in total. The van der Waals surface area contributed by atoms with Crippen LogP contribution in [-0.2, 0) is 10.0 Å². The van der Waals surface area contributed by atoms with E-state index in [1.807, 2.05) is 6.92 Å². The molecule has 2 fully saturated rings. The average molecular weight is 266 g/mol. The number of pyridine rings is 1. The van der Waals surface area contributed by atoms with Crippen molar-refractivity contribution in [2.45, 2.75) is 43.5 Å². The minimum atomic E-state index is -3.34. The van der Waals surface area contributed by atoms with Crippen LogP contribution in [0.1, 0.15) is 32.6 Å². The molecule has 98 valence electrons. The summed E-state index contributed by atoms with van der Waals surface area (Å²) in [6.07, 6.45) is 7.69. The van der Waals surface area contributed by atoms with Gasteiger partial charge in [0.15, 0.2) is 0 Å². The van der Waals surface area contributed by atoms with Crippen LogP contribution in [-0.4, -0.2) is 30.3 Å². The van der Waals surface area contributed by atoms with Crippen LogP contribution in [0.25, 0.3) is 0 Å². The smallest absolute Gasteiger partial charge is 0.243 e. The fourth-order valence-electron chi connectivity index (χ4n) is 3.29. The Morgan fingerprint density at radius 3 is 2.50 bits per heavy atom. The Balaban J connectivity index is 1.91. The van der Waals surface area contributed by atoms with E-state index in [9.17, 15) is 8.42 Å². The quantitative estimate of drug-likeness (QED) is 0.823. The van der Waals surface area contributed by atoms with Crippen LogP contribution in [0.4, 0.5) is 0 Å². The maximum absolute atomic E-state index is 12.6. The summed E-state index contributed by atoms with van der Waals surface area (Å²) in [5.74, 6) is 0. The molecule has 1 aromatic rings. The van der Waals surface area contributed by atoms with Crippen LogP contribution >= 0.6 is 0 Å². The van der Waals surface area contributed by atoms with Crippen LogP contribution in [0.2, 0.25) is 0 Å². The van der Waals surface area contributed by atoms with Crippen LogP contribution in [0.15, 0.2) is 29.4 Å². The van der Waals surface area contributed by atoms with Crippen molar-refractivity contribution in [2.75, 3.05) is 6.54 Å². The Morgan fingerprint density at radius 2 is 2.00 bits per heavy atom. The van der Waals surface area contributed by atoms with Gasteiger partial charge in [-0.15, -0.1) is 0 Å². The van der Waals surface area contributed by atoms with Gasteiger partial charge in [0.2, 0.25) is 10.0 Å². The number of rotatable bonds is 2. The maximum atomic E-state index is 12.6. The number of nitrogens with zero attached hydrogens (tertiary/aromatic N) is 2. The molecule has 1 atom stereocenters. The maximum Gasteiger partial charge on any atom is 0.243 e. The molecule has 1 spiro atoms. The third-order valence-corrected chi connectivity index (χ3v) is 6.36. The highest BCUT2D eigenvalue weighted by molar-refractivity contribution is 7.89. The molecule has 1 unspecified atom stereocenters. The lowest BCUT2D eigenvalue weighted by Gasteiger charge is -2.38. The van der Waals surface area contributed by atoms with E-state index < -0.39 is 10.0 Å². The first-order valence-corrected chi connectivity index (χ1v) is 7.89. The molecule has 18 heavy (non-hydrogen) atoms. The van der Waals surface area contributed by atoms with Crippen molar-refractivity contribution in [1.29, 1.82) is 0 Å². The summed E-state index contributed by atoms with van der Waals surface area (Å²) in [7, 11) is -3.34. The molecule has 0 radical (unpaired) electrons. The van der Waals surface area contributed by atoms with Gasteiger partial charge in [-0.25, -0.2) is 8.42 Å². The molecule has 1 aliphatic carbocycles. The molecular weight excluding hydrogens is 248 g/mol. The molecule has 2 heterocycles. The van der Waals surface area contributed by atoms with Gasteiger partial charge < -0.3 is 0 Å². The van der Waals surface area contributed by atoms with Gasteiger partial charge >= 0.3 is 0 Å². The Kier molecular flexibility index (Phi) is 2.71. The molecule has 2 aliphatic rings. The lowest BCUT2D eigenvalue weighted by atomic mass is 9.68. The largest absolute Gasteiger partial charge is 0.265 e. The predicted octanol–water partition coefficient (Wildman–Crippen LogP) is 2.03.